The Morgan fingerprint density at radius 1 is 1.32 bits per heavy atom. The van der Waals surface area contributed by atoms with E-state index in [2.05, 4.69) is 15.5 Å². The van der Waals surface area contributed by atoms with E-state index in [0.717, 1.165) is 11.1 Å². The number of benzene rings is 1. The molecule has 116 valence electrons. The molecule has 0 saturated carbocycles. The Balaban J connectivity index is 1.86. The first-order valence-corrected chi connectivity index (χ1v) is 6.76. The van der Waals surface area contributed by atoms with Gasteiger partial charge in [-0.05, 0) is 13.0 Å². The molecule has 0 spiro atoms. The molecule has 0 saturated heterocycles. The second kappa shape index (κ2) is 7.37. The average Bonchev–Trinajstić information content (AvgIpc) is 2.97. The van der Waals surface area contributed by atoms with Gasteiger partial charge >= 0.3 is 5.97 Å². The van der Waals surface area contributed by atoms with Gasteiger partial charge in [0.2, 0.25) is 0 Å². The smallest absolute Gasteiger partial charge is 0.329 e. The number of aromatic nitrogens is 2. The number of aliphatic carboxylic acids is 1. The van der Waals surface area contributed by atoms with Crippen LogP contribution in [0.1, 0.15) is 16.1 Å². The Hall–Kier alpha value is -2.67. The molecule has 0 atom stereocenters. The molecule has 2 aromatic rings. The summed E-state index contributed by atoms with van der Waals surface area (Å²) in [4.78, 5) is 22.1. The fourth-order valence-corrected chi connectivity index (χ4v) is 1.80. The van der Waals surface area contributed by atoms with Crippen molar-refractivity contribution in [2.75, 3.05) is 19.8 Å². The summed E-state index contributed by atoms with van der Waals surface area (Å²) in [6, 6.07) is 9.49. The van der Waals surface area contributed by atoms with Crippen molar-refractivity contribution in [3.8, 4) is 11.3 Å². The zero-order valence-electron chi connectivity index (χ0n) is 12.1. The molecule has 0 aliphatic heterocycles. The summed E-state index contributed by atoms with van der Waals surface area (Å²) in [5, 5.41) is 17.8. The van der Waals surface area contributed by atoms with Crippen molar-refractivity contribution in [2.24, 2.45) is 0 Å². The van der Waals surface area contributed by atoms with E-state index in [1.54, 1.807) is 6.07 Å². The number of carboxylic acid groups (broad SMARTS) is 1. The van der Waals surface area contributed by atoms with E-state index in [1.807, 2.05) is 31.2 Å². The summed E-state index contributed by atoms with van der Waals surface area (Å²) in [6.45, 7) is 1.99. The molecule has 0 radical (unpaired) electrons. The molecule has 0 bridgehead atoms. The molecule has 1 aromatic heterocycles. The van der Waals surface area contributed by atoms with Crippen LogP contribution in [0.25, 0.3) is 11.3 Å². The van der Waals surface area contributed by atoms with Gasteiger partial charge in [0.15, 0.2) is 0 Å². The van der Waals surface area contributed by atoms with Crippen molar-refractivity contribution in [3.63, 3.8) is 0 Å². The van der Waals surface area contributed by atoms with Crippen LogP contribution >= 0.6 is 0 Å². The van der Waals surface area contributed by atoms with Gasteiger partial charge in [0.05, 0.1) is 12.3 Å². The molecular weight excluding hydrogens is 286 g/mol. The summed E-state index contributed by atoms with van der Waals surface area (Å²) in [7, 11) is 0. The number of carbonyl (C=O) groups excluding carboxylic acids is 1. The number of ether oxygens (including phenoxy) is 1. The van der Waals surface area contributed by atoms with Crippen molar-refractivity contribution >= 4 is 11.9 Å². The number of aryl methyl sites for hydroxylation is 1. The molecule has 1 amide bonds. The number of rotatable bonds is 7. The third-order valence-corrected chi connectivity index (χ3v) is 2.93. The molecule has 7 nitrogen and oxygen atoms in total. The van der Waals surface area contributed by atoms with E-state index in [0.29, 0.717) is 11.4 Å². The SMILES string of the molecule is Cc1ccc(-c2cc(C(=O)NCCOCC(=O)O)[nH]n2)cc1. The van der Waals surface area contributed by atoms with Crippen LogP contribution in [-0.2, 0) is 9.53 Å². The molecule has 1 aromatic carbocycles. The van der Waals surface area contributed by atoms with Crippen LogP contribution < -0.4 is 5.32 Å². The lowest BCUT2D eigenvalue weighted by Crippen LogP contribution is -2.28. The topological polar surface area (TPSA) is 104 Å². The van der Waals surface area contributed by atoms with Crippen molar-refractivity contribution in [3.05, 3.63) is 41.6 Å². The Morgan fingerprint density at radius 3 is 2.73 bits per heavy atom. The van der Waals surface area contributed by atoms with Gasteiger partial charge in [0.1, 0.15) is 12.3 Å². The number of nitrogens with zero attached hydrogens (tertiary/aromatic N) is 1. The fraction of sp³-hybridized carbons (Fsp3) is 0.267. The van der Waals surface area contributed by atoms with Gasteiger partial charge in [0.25, 0.3) is 5.91 Å². The summed E-state index contributed by atoms with van der Waals surface area (Å²) in [5.74, 6) is -1.35. The first-order valence-electron chi connectivity index (χ1n) is 6.76. The minimum atomic E-state index is -1.04. The first-order chi connectivity index (χ1) is 10.6. The second-order valence-electron chi connectivity index (χ2n) is 4.74. The van der Waals surface area contributed by atoms with Crippen LogP contribution in [-0.4, -0.2) is 46.9 Å². The van der Waals surface area contributed by atoms with Crippen molar-refractivity contribution < 1.29 is 19.4 Å². The number of hydrogen-bond acceptors (Lipinski definition) is 4. The number of H-pyrrole nitrogens is 1. The Kier molecular flexibility index (Phi) is 5.26. The van der Waals surface area contributed by atoms with E-state index in [-0.39, 0.29) is 25.7 Å². The normalized spacial score (nSPS) is 10.4. The van der Waals surface area contributed by atoms with E-state index >= 15 is 0 Å². The van der Waals surface area contributed by atoms with Gasteiger partial charge in [-0.2, -0.15) is 5.10 Å². The lowest BCUT2D eigenvalue weighted by Gasteiger charge is -2.03. The minimum Gasteiger partial charge on any atom is -0.480 e. The van der Waals surface area contributed by atoms with E-state index in [9.17, 15) is 9.59 Å². The minimum absolute atomic E-state index is 0.136. The highest BCUT2D eigenvalue weighted by atomic mass is 16.5. The zero-order valence-corrected chi connectivity index (χ0v) is 12.1. The van der Waals surface area contributed by atoms with Crippen molar-refractivity contribution in [1.29, 1.82) is 0 Å². The van der Waals surface area contributed by atoms with Crippen LogP contribution in [0.3, 0.4) is 0 Å². The molecule has 2 rings (SSSR count). The van der Waals surface area contributed by atoms with Gasteiger partial charge in [-0.15, -0.1) is 0 Å². The molecule has 7 heteroatoms. The van der Waals surface area contributed by atoms with Gasteiger partial charge in [-0.3, -0.25) is 9.89 Å². The van der Waals surface area contributed by atoms with Gasteiger partial charge in [-0.1, -0.05) is 29.8 Å². The summed E-state index contributed by atoms with van der Waals surface area (Å²) < 4.78 is 4.83. The lowest BCUT2D eigenvalue weighted by molar-refractivity contribution is -0.142. The number of carboxylic acids is 1. The molecule has 3 N–H and O–H groups in total. The highest BCUT2D eigenvalue weighted by Crippen LogP contribution is 2.18. The lowest BCUT2D eigenvalue weighted by atomic mass is 10.1. The number of carbonyl (C=O) groups is 2. The summed E-state index contributed by atoms with van der Waals surface area (Å²) in [6.07, 6.45) is 0. The largest absolute Gasteiger partial charge is 0.480 e. The van der Waals surface area contributed by atoms with Crippen LogP contribution in [0.2, 0.25) is 0 Å². The molecule has 1 heterocycles. The van der Waals surface area contributed by atoms with Crippen LogP contribution in [0.4, 0.5) is 0 Å². The standard InChI is InChI=1S/C15H17N3O4/c1-10-2-4-11(5-3-10)12-8-13(18-17-12)15(21)16-6-7-22-9-14(19)20/h2-5,8H,6-7,9H2,1H3,(H,16,21)(H,17,18)(H,19,20). The predicted octanol–water partition coefficient (Wildman–Crippen LogP) is 1.22. The van der Waals surface area contributed by atoms with E-state index in [4.69, 9.17) is 9.84 Å². The molecule has 22 heavy (non-hydrogen) atoms. The maximum atomic E-state index is 11.9. The number of aromatic amines is 1. The number of amides is 1. The van der Waals surface area contributed by atoms with Gasteiger partial charge < -0.3 is 15.2 Å². The zero-order chi connectivity index (χ0) is 15.9. The average molecular weight is 303 g/mol. The van der Waals surface area contributed by atoms with E-state index < -0.39 is 5.97 Å². The number of hydrogen-bond donors (Lipinski definition) is 3. The Morgan fingerprint density at radius 2 is 2.05 bits per heavy atom. The van der Waals surface area contributed by atoms with Crippen molar-refractivity contribution in [2.45, 2.75) is 6.92 Å². The molecule has 0 fully saturated rings. The van der Waals surface area contributed by atoms with Gasteiger partial charge in [0, 0.05) is 12.1 Å². The van der Waals surface area contributed by atoms with Crippen molar-refractivity contribution in [1.82, 2.24) is 15.5 Å². The summed E-state index contributed by atoms with van der Waals surface area (Å²) >= 11 is 0. The number of nitrogens with one attached hydrogen (secondary N) is 2. The molecule has 0 unspecified atom stereocenters. The first kappa shape index (κ1) is 15.7. The Labute approximate surface area is 127 Å². The quantitative estimate of drug-likeness (QED) is 0.667. The third-order valence-electron chi connectivity index (χ3n) is 2.93. The summed E-state index contributed by atoms with van der Waals surface area (Å²) in [5.41, 5.74) is 3.10. The predicted molar refractivity (Wildman–Crippen MR) is 79.5 cm³/mol. The fourth-order valence-electron chi connectivity index (χ4n) is 1.80. The maximum Gasteiger partial charge on any atom is 0.329 e. The van der Waals surface area contributed by atoms with Gasteiger partial charge in [-0.25, -0.2) is 4.79 Å². The maximum absolute atomic E-state index is 11.9. The monoisotopic (exact) mass is 303 g/mol. The highest BCUT2D eigenvalue weighted by molar-refractivity contribution is 5.93. The molecule has 0 aliphatic carbocycles. The highest BCUT2D eigenvalue weighted by Gasteiger charge is 2.10. The van der Waals surface area contributed by atoms with Crippen LogP contribution in [0.5, 0.6) is 0 Å². The van der Waals surface area contributed by atoms with Crippen LogP contribution in [0.15, 0.2) is 30.3 Å². The second-order valence-corrected chi connectivity index (χ2v) is 4.74. The molecule has 0 aliphatic rings. The third kappa shape index (κ3) is 4.42. The Bertz CT molecular complexity index is 649. The molecular formula is C15H17N3O4. The van der Waals surface area contributed by atoms with Crippen LogP contribution in [0, 0.1) is 6.92 Å². The van der Waals surface area contributed by atoms with E-state index in [1.165, 1.54) is 0 Å².